The zero-order valence-electron chi connectivity index (χ0n) is 18.4. The van der Waals surface area contributed by atoms with Crippen molar-refractivity contribution in [3.8, 4) is 5.69 Å². The number of benzene rings is 1. The van der Waals surface area contributed by atoms with E-state index in [1.54, 1.807) is 0 Å². The van der Waals surface area contributed by atoms with Gasteiger partial charge in [-0.1, -0.05) is 42.8 Å². The zero-order chi connectivity index (χ0) is 22.3. The summed E-state index contributed by atoms with van der Waals surface area (Å²) >= 11 is 1.46. The van der Waals surface area contributed by atoms with Crippen LogP contribution in [0.1, 0.15) is 37.7 Å². The molecule has 4 rings (SSSR count). The number of amides is 3. The van der Waals surface area contributed by atoms with E-state index in [4.69, 9.17) is 4.74 Å². The number of carbonyl (C=O) groups excluding carboxylic acids is 2. The van der Waals surface area contributed by atoms with Crippen molar-refractivity contribution in [1.82, 2.24) is 25.4 Å². The number of nitrogens with zero attached hydrogens (tertiary/aromatic N) is 4. The third kappa shape index (κ3) is 5.60. The monoisotopic (exact) mass is 458 g/mol. The number of aryl methyl sites for hydroxylation is 1. The lowest BCUT2D eigenvalue weighted by molar-refractivity contribution is -0.119. The van der Waals surface area contributed by atoms with Crippen molar-refractivity contribution in [2.75, 3.05) is 37.0 Å². The van der Waals surface area contributed by atoms with Crippen molar-refractivity contribution in [1.29, 1.82) is 0 Å². The van der Waals surface area contributed by atoms with E-state index >= 15 is 0 Å². The summed E-state index contributed by atoms with van der Waals surface area (Å²) in [5.41, 5.74) is 2.13. The third-order valence-electron chi connectivity index (χ3n) is 5.77. The van der Waals surface area contributed by atoms with Crippen LogP contribution in [0.25, 0.3) is 5.69 Å². The number of hydrogen-bond donors (Lipinski definition) is 2. The number of para-hydroxylation sites is 1. The van der Waals surface area contributed by atoms with Gasteiger partial charge >= 0.3 is 6.03 Å². The quantitative estimate of drug-likeness (QED) is 0.615. The molecular formula is C22H30N6O3S. The van der Waals surface area contributed by atoms with Gasteiger partial charge in [-0.25, -0.2) is 4.79 Å². The van der Waals surface area contributed by atoms with Gasteiger partial charge in [0.2, 0.25) is 11.9 Å². The topological polar surface area (TPSA) is 101 Å². The SMILES string of the molecule is Cc1ccccc1-n1c(SCCC(=O)NC(=O)NC2CCCC2)nnc1N1CCOCC1. The van der Waals surface area contributed by atoms with E-state index in [2.05, 4.69) is 43.3 Å². The molecule has 0 atom stereocenters. The molecular weight excluding hydrogens is 428 g/mol. The Kier molecular flexibility index (Phi) is 7.64. The zero-order valence-corrected chi connectivity index (χ0v) is 19.2. The first-order valence-electron chi connectivity index (χ1n) is 11.2. The molecule has 0 unspecified atom stereocenters. The maximum absolute atomic E-state index is 12.2. The van der Waals surface area contributed by atoms with E-state index in [-0.39, 0.29) is 18.4 Å². The number of ether oxygens (including phenoxy) is 1. The molecule has 3 amide bonds. The van der Waals surface area contributed by atoms with Crippen molar-refractivity contribution in [2.24, 2.45) is 0 Å². The number of carbonyl (C=O) groups is 2. The van der Waals surface area contributed by atoms with Gasteiger partial charge in [-0.05, 0) is 31.4 Å². The summed E-state index contributed by atoms with van der Waals surface area (Å²) in [5, 5.41) is 14.9. The molecule has 1 aliphatic heterocycles. The van der Waals surface area contributed by atoms with Crippen molar-refractivity contribution >= 4 is 29.6 Å². The predicted molar refractivity (Wildman–Crippen MR) is 123 cm³/mol. The molecule has 32 heavy (non-hydrogen) atoms. The lowest BCUT2D eigenvalue weighted by atomic mass is 10.2. The van der Waals surface area contributed by atoms with Crippen LogP contribution < -0.4 is 15.5 Å². The van der Waals surface area contributed by atoms with Gasteiger partial charge in [0.05, 0.1) is 18.9 Å². The number of anilines is 1. The normalized spacial score (nSPS) is 16.8. The molecule has 1 saturated heterocycles. The lowest BCUT2D eigenvalue weighted by Crippen LogP contribution is -2.43. The van der Waals surface area contributed by atoms with Gasteiger partial charge in [-0.3, -0.25) is 14.7 Å². The molecule has 172 valence electrons. The average Bonchev–Trinajstić information content (AvgIpc) is 3.45. The highest BCUT2D eigenvalue weighted by Crippen LogP contribution is 2.29. The van der Waals surface area contributed by atoms with Gasteiger partial charge < -0.3 is 15.0 Å². The minimum absolute atomic E-state index is 0.184. The fourth-order valence-corrected chi connectivity index (χ4v) is 4.94. The molecule has 0 radical (unpaired) electrons. The first-order valence-corrected chi connectivity index (χ1v) is 12.2. The highest BCUT2D eigenvalue weighted by atomic mass is 32.2. The number of rotatable bonds is 7. The van der Waals surface area contributed by atoms with Crippen molar-refractivity contribution in [2.45, 2.75) is 50.2 Å². The van der Waals surface area contributed by atoms with E-state index in [0.29, 0.717) is 19.0 Å². The molecule has 1 saturated carbocycles. The molecule has 2 N–H and O–H groups in total. The molecule has 1 aromatic heterocycles. The van der Waals surface area contributed by atoms with E-state index < -0.39 is 6.03 Å². The molecule has 1 aromatic carbocycles. The van der Waals surface area contributed by atoms with Crippen LogP contribution in [0.3, 0.4) is 0 Å². The Hall–Kier alpha value is -2.59. The summed E-state index contributed by atoms with van der Waals surface area (Å²) in [5.74, 6) is 0.990. The van der Waals surface area contributed by atoms with Gasteiger partial charge in [0.1, 0.15) is 0 Å². The molecule has 0 bridgehead atoms. The standard InChI is InChI=1S/C22H30N6O3S/c1-16-6-2-5-9-18(16)28-21(27-11-13-31-14-12-27)25-26-22(28)32-15-10-19(29)24-20(30)23-17-7-3-4-8-17/h2,5-6,9,17H,3-4,7-8,10-15H2,1H3,(H2,23,24,29,30). The molecule has 2 fully saturated rings. The molecule has 10 heteroatoms. The number of nitrogens with one attached hydrogen (secondary N) is 2. The van der Waals surface area contributed by atoms with Crippen LogP contribution in [0.15, 0.2) is 29.4 Å². The largest absolute Gasteiger partial charge is 0.378 e. The Balaban J connectivity index is 1.39. The van der Waals surface area contributed by atoms with Crippen LogP contribution in [0.5, 0.6) is 0 Å². The number of imide groups is 1. The smallest absolute Gasteiger partial charge is 0.321 e. The van der Waals surface area contributed by atoms with E-state index in [9.17, 15) is 9.59 Å². The highest BCUT2D eigenvalue weighted by molar-refractivity contribution is 7.99. The second-order valence-corrected chi connectivity index (χ2v) is 9.17. The summed E-state index contributed by atoms with van der Waals surface area (Å²) in [7, 11) is 0. The van der Waals surface area contributed by atoms with Gasteiger partial charge in [0, 0.05) is 31.3 Å². The molecule has 0 spiro atoms. The summed E-state index contributed by atoms with van der Waals surface area (Å²) in [6.45, 7) is 4.89. The Morgan fingerprint density at radius 3 is 2.66 bits per heavy atom. The van der Waals surface area contributed by atoms with Crippen LogP contribution in [0.4, 0.5) is 10.7 Å². The van der Waals surface area contributed by atoms with Crippen LogP contribution in [0.2, 0.25) is 0 Å². The van der Waals surface area contributed by atoms with Crippen molar-refractivity contribution < 1.29 is 14.3 Å². The van der Waals surface area contributed by atoms with Gasteiger partial charge in [0.25, 0.3) is 0 Å². The molecule has 2 heterocycles. The summed E-state index contributed by atoms with van der Waals surface area (Å²) in [6, 6.07) is 7.89. The third-order valence-corrected chi connectivity index (χ3v) is 6.70. The fraction of sp³-hybridized carbons (Fsp3) is 0.545. The maximum Gasteiger partial charge on any atom is 0.321 e. The Labute approximate surface area is 192 Å². The summed E-state index contributed by atoms with van der Waals surface area (Å²) in [4.78, 5) is 26.4. The van der Waals surface area contributed by atoms with Crippen molar-refractivity contribution in [3.05, 3.63) is 29.8 Å². The number of aromatic nitrogens is 3. The van der Waals surface area contributed by atoms with Crippen LogP contribution in [0, 0.1) is 6.92 Å². The minimum atomic E-state index is -0.399. The predicted octanol–water partition coefficient (Wildman–Crippen LogP) is 2.66. The number of hydrogen-bond acceptors (Lipinski definition) is 7. The minimum Gasteiger partial charge on any atom is -0.378 e. The van der Waals surface area contributed by atoms with Gasteiger partial charge in [-0.15, -0.1) is 10.2 Å². The van der Waals surface area contributed by atoms with E-state index in [1.165, 1.54) is 11.8 Å². The Morgan fingerprint density at radius 1 is 1.16 bits per heavy atom. The van der Waals surface area contributed by atoms with Crippen molar-refractivity contribution in [3.63, 3.8) is 0 Å². The molecule has 1 aliphatic carbocycles. The first-order chi connectivity index (χ1) is 15.6. The van der Waals surface area contributed by atoms with Crippen LogP contribution in [-0.4, -0.2) is 64.8 Å². The Morgan fingerprint density at radius 2 is 1.91 bits per heavy atom. The molecule has 2 aliphatic rings. The maximum atomic E-state index is 12.2. The average molecular weight is 459 g/mol. The number of morpholine rings is 1. The number of thioether (sulfide) groups is 1. The summed E-state index contributed by atoms with van der Waals surface area (Å²) < 4.78 is 7.53. The molecule has 9 nitrogen and oxygen atoms in total. The molecule has 2 aromatic rings. The van der Waals surface area contributed by atoms with E-state index in [0.717, 1.165) is 61.1 Å². The van der Waals surface area contributed by atoms with Gasteiger partial charge in [-0.2, -0.15) is 0 Å². The highest BCUT2D eigenvalue weighted by Gasteiger charge is 2.23. The van der Waals surface area contributed by atoms with Crippen LogP contribution >= 0.6 is 11.8 Å². The second kappa shape index (κ2) is 10.8. The lowest BCUT2D eigenvalue weighted by Gasteiger charge is -2.28. The number of urea groups is 1. The fourth-order valence-electron chi connectivity index (χ4n) is 4.06. The Bertz CT molecular complexity index is 937. The summed E-state index contributed by atoms with van der Waals surface area (Å²) in [6.07, 6.45) is 4.44. The first kappa shape index (κ1) is 22.6. The van der Waals surface area contributed by atoms with E-state index in [1.807, 2.05) is 18.2 Å². The second-order valence-electron chi connectivity index (χ2n) is 8.11. The van der Waals surface area contributed by atoms with Gasteiger partial charge in [0.15, 0.2) is 5.16 Å². The van der Waals surface area contributed by atoms with Crippen LogP contribution in [-0.2, 0) is 9.53 Å².